The van der Waals surface area contributed by atoms with Crippen LogP contribution in [-0.4, -0.2) is 26.6 Å². The molecule has 0 aromatic heterocycles. The molecule has 1 aliphatic heterocycles. The van der Waals surface area contributed by atoms with E-state index < -0.39 is 10.8 Å². The Bertz CT molecular complexity index is 850. The Kier molecular flexibility index (Phi) is 6.22. The van der Waals surface area contributed by atoms with Crippen molar-refractivity contribution in [1.29, 1.82) is 0 Å². The highest BCUT2D eigenvalue weighted by Crippen LogP contribution is 2.36. The van der Waals surface area contributed by atoms with Crippen LogP contribution < -0.4 is 0 Å². The molecule has 142 valence electrons. The second-order valence-electron chi connectivity index (χ2n) is 7.00. The number of ketones is 1. The fourth-order valence-electron chi connectivity index (χ4n) is 3.54. The molecular formula is C22H25NO3S. The molecule has 4 nitrogen and oxygen atoms in total. The van der Waals surface area contributed by atoms with Crippen molar-refractivity contribution in [2.45, 2.75) is 44.2 Å². The normalized spacial score (nSPS) is 18.0. The third-order valence-electron chi connectivity index (χ3n) is 5.08. The summed E-state index contributed by atoms with van der Waals surface area (Å²) in [6.07, 6.45) is 0.704. The molecule has 0 aliphatic carbocycles. The van der Waals surface area contributed by atoms with Crippen molar-refractivity contribution in [1.82, 2.24) is 4.90 Å². The summed E-state index contributed by atoms with van der Waals surface area (Å²) in [5.74, 6) is 0.0563. The Labute approximate surface area is 163 Å². The average molecular weight is 384 g/mol. The van der Waals surface area contributed by atoms with Gasteiger partial charge in [0, 0.05) is 30.2 Å². The van der Waals surface area contributed by atoms with Gasteiger partial charge in [0.15, 0.2) is 0 Å². The van der Waals surface area contributed by atoms with E-state index in [1.54, 1.807) is 4.90 Å². The van der Waals surface area contributed by atoms with Crippen LogP contribution in [0.25, 0.3) is 0 Å². The summed E-state index contributed by atoms with van der Waals surface area (Å²) in [5, 5.41) is 0. The Balaban J connectivity index is 1.83. The predicted octanol–water partition coefficient (Wildman–Crippen LogP) is 3.88. The zero-order valence-corrected chi connectivity index (χ0v) is 16.6. The van der Waals surface area contributed by atoms with Gasteiger partial charge < -0.3 is 4.90 Å². The molecule has 5 heteroatoms. The number of rotatable bonds is 7. The van der Waals surface area contributed by atoms with E-state index in [1.165, 1.54) is 0 Å². The summed E-state index contributed by atoms with van der Waals surface area (Å²) < 4.78 is 12.9. The third-order valence-corrected chi connectivity index (χ3v) is 6.50. The fourth-order valence-corrected chi connectivity index (χ4v) is 4.84. The first-order chi connectivity index (χ1) is 13.0. The lowest BCUT2D eigenvalue weighted by atomic mass is 10.0. The minimum Gasteiger partial charge on any atom is -0.330 e. The van der Waals surface area contributed by atoms with E-state index in [9.17, 15) is 13.8 Å². The number of carbonyl (C=O) groups is 2. The summed E-state index contributed by atoms with van der Waals surface area (Å²) in [5.41, 5.74) is 2.15. The predicted molar refractivity (Wildman–Crippen MR) is 107 cm³/mol. The van der Waals surface area contributed by atoms with Gasteiger partial charge in [-0.3, -0.25) is 13.8 Å². The lowest BCUT2D eigenvalue weighted by Gasteiger charge is -2.27. The van der Waals surface area contributed by atoms with Crippen molar-refractivity contribution >= 4 is 22.5 Å². The summed E-state index contributed by atoms with van der Waals surface area (Å²) in [4.78, 5) is 27.4. The molecule has 2 aromatic carbocycles. The van der Waals surface area contributed by atoms with E-state index in [2.05, 4.69) is 0 Å². The number of hydrogen-bond donors (Lipinski definition) is 0. The van der Waals surface area contributed by atoms with Crippen LogP contribution in [0.5, 0.6) is 0 Å². The molecular weight excluding hydrogens is 358 g/mol. The molecule has 3 atom stereocenters. The van der Waals surface area contributed by atoms with Crippen molar-refractivity contribution in [3.63, 3.8) is 0 Å². The first-order valence-corrected chi connectivity index (χ1v) is 10.7. The van der Waals surface area contributed by atoms with E-state index in [0.29, 0.717) is 18.7 Å². The minimum absolute atomic E-state index is 0.0388. The molecule has 0 bridgehead atoms. The minimum atomic E-state index is -1.20. The first kappa shape index (κ1) is 19.5. The summed E-state index contributed by atoms with van der Waals surface area (Å²) in [7, 11) is -1.20. The molecule has 0 saturated carbocycles. The van der Waals surface area contributed by atoms with Crippen molar-refractivity contribution in [2.24, 2.45) is 5.92 Å². The van der Waals surface area contributed by atoms with Gasteiger partial charge in [-0.1, -0.05) is 56.3 Å². The average Bonchev–Trinajstić information content (AvgIpc) is 3.06. The molecule has 3 unspecified atom stereocenters. The fraction of sp³-hybridized carbons (Fsp3) is 0.364. The quantitative estimate of drug-likeness (QED) is 0.729. The molecule has 0 saturated heterocycles. The number of Topliss-reactive ketones (excluding diaryl/α,β-unsaturated/α-hetero) is 1. The maximum Gasteiger partial charge on any atom is 0.226 e. The SMILES string of the molecule is CCC(=O)CC(C)C(=O)N1Cc2ccccc2C1CS(=O)c1ccccc1. The lowest BCUT2D eigenvalue weighted by Crippen LogP contribution is -2.36. The molecule has 0 N–H and O–H groups in total. The van der Waals surface area contributed by atoms with Crippen LogP contribution >= 0.6 is 0 Å². The van der Waals surface area contributed by atoms with Crippen molar-refractivity contribution in [3.8, 4) is 0 Å². The van der Waals surface area contributed by atoms with Crippen LogP contribution in [0.1, 0.15) is 43.9 Å². The van der Waals surface area contributed by atoms with Gasteiger partial charge in [-0.05, 0) is 23.3 Å². The van der Waals surface area contributed by atoms with Crippen LogP contribution in [0.4, 0.5) is 0 Å². The molecule has 3 rings (SSSR count). The maximum atomic E-state index is 13.1. The highest BCUT2D eigenvalue weighted by molar-refractivity contribution is 7.85. The second-order valence-corrected chi connectivity index (χ2v) is 8.50. The van der Waals surface area contributed by atoms with Gasteiger partial charge in [-0.25, -0.2) is 0 Å². The van der Waals surface area contributed by atoms with Gasteiger partial charge in [-0.2, -0.15) is 0 Å². The van der Waals surface area contributed by atoms with Gasteiger partial charge in [0.1, 0.15) is 5.78 Å². The van der Waals surface area contributed by atoms with Crippen molar-refractivity contribution < 1.29 is 13.8 Å². The molecule has 0 radical (unpaired) electrons. The van der Waals surface area contributed by atoms with Gasteiger partial charge in [0.05, 0.1) is 22.6 Å². The Morgan fingerprint density at radius 1 is 1.11 bits per heavy atom. The Morgan fingerprint density at radius 2 is 1.78 bits per heavy atom. The number of fused-ring (bicyclic) bond motifs is 1. The van der Waals surface area contributed by atoms with E-state index in [-0.39, 0.29) is 30.1 Å². The van der Waals surface area contributed by atoms with E-state index >= 15 is 0 Å². The van der Waals surface area contributed by atoms with Gasteiger partial charge in [0.25, 0.3) is 0 Å². The van der Waals surface area contributed by atoms with Crippen LogP contribution in [0.15, 0.2) is 59.5 Å². The van der Waals surface area contributed by atoms with E-state index in [4.69, 9.17) is 0 Å². The van der Waals surface area contributed by atoms with Gasteiger partial charge in [-0.15, -0.1) is 0 Å². The van der Waals surface area contributed by atoms with Crippen LogP contribution in [-0.2, 0) is 26.9 Å². The molecule has 27 heavy (non-hydrogen) atoms. The summed E-state index contributed by atoms with van der Waals surface area (Å²) >= 11 is 0. The second kappa shape index (κ2) is 8.61. The number of carbonyl (C=O) groups excluding carboxylic acids is 2. The monoisotopic (exact) mass is 383 g/mol. The number of benzene rings is 2. The van der Waals surface area contributed by atoms with E-state index in [1.807, 2.05) is 68.4 Å². The Morgan fingerprint density at radius 3 is 2.48 bits per heavy atom. The molecule has 1 amide bonds. The van der Waals surface area contributed by atoms with Crippen LogP contribution in [0.3, 0.4) is 0 Å². The maximum absolute atomic E-state index is 13.1. The molecule has 2 aromatic rings. The van der Waals surface area contributed by atoms with Crippen LogP contribution in [0.2, 0.25) is 0 Å². The molecule has 1 aliphatic rings. The summed E-state index contributed by atoms with van der Waals surface area (Å²) in [6.45, 7) is 4.14. The third kappa shape index (κ3) is 4.35. The highest BCUT2D eigenvalue weighted by Gasteiger charge is 2.36. The lowest BCUT2D eigenvalue weighted by molar-refractivity contribution is -0.139. The van der Waals surface area contributed by atoms with Gasteiger partial charge >= 0.3 is 0 Å². The topological polar surface area (TPSA) is 54.5 Å². The number of hydrogen-bond acceptors (Lipinski definition) is 3. The summed E-state index contributed by atoms with van der Waals surface area (Å²) in [6, 6.07) is 17.1. The van der Waals surface area contributed by atoms with Crippen molar-refractivity contribution in [3.05, 3.63) is 65.7 Å². The standard InChI is InChI=1S/C22H25NO3S/c1-3-18(24)13-16(2)22(25)23-14-17-9-7-8-12-20(17)21(23)15-27(26)19-10-5-4-6-11-19/h4-12,16,21H,3,13-15H2,1-2H3. The van der Waals surface area contributed by atoms with Crippen LogP contribution in [0, 0.1) is 5.92 Å². The zero-order chi connectivity index (χ0) is 19.4. The van der Waals surface area contributed by atoms with E-state index in [0.717, 1.165) is 16.0 Å². The number of amides is 1. The Hall–Kier alpha value is -2.27. The smallest absolute Gasteiger partial charge is 0.226 e. The van der Waals surface area contributed by atoms with Gasteiger partial charge in [0.2, 0.25) is 5.91 Å². The number of nitrogens with zero attached hydrogens (tertiary/aromatic N) is 1. The molecule has 1 heterocycles. The molecule has 0 fully saturated rings. The largest absolute Gasteiger partial charge is 0.330 e. The highest BCUT2D eigenvalue weighted by atomic mass is 32.2. The first-order valence-electron chi connectivity index (χ1n) is 9.34. The van der Waals surface area contributed by atoms with Crippen molar-refractivity contribution in [2.75, 3.05) is 5.75 Å². The zero-order valence-electron chi connectivity index (χ0n) is 15.8. The molecule has 0 spiro atoms.